The largest absolute Gasteiger partial charge is 0.497 e. The number of benzene rings is 3. The Balaban J connectivity index is 1.70. The number of carboxylic acid groups (broad SMARTS) is 1. The zero-order chi connectivity index (χ0) is 19.5. The number of aromatic carboxylic acids is 1. The molecule has 28 heavy (non-hydrogen) atoms. The first-order valence-corrected chi connectivity index (χ1v) is 9.05. The molecular weight excluding hydrogens is 352 g/mol. The second-order valence-corrected chi connectivity index (χ2v) is 6.60. The summed E-state index contributed by atoms with van der Waals surface area (Å²) in [6.45, 7) is 0. The lowest BCUT2D eigenvalue weighted by atomic mass is 9.97. The number of nitrogens with zero attached hydrogens (tertiary/aromatic N) is 2. The first-order chi connectivity index (χ1) is 13.7. The van der Waals surface area contributed by atoms with Gasteiger partial charge >= 0.3 is 5.97 Å². The Bertz CT molecular complexity index is 996. The number of hydrogen-bond acceptors (Lipinski definition) is 4. The first kappa shape index (κ1) is 17.8. The molecule has 4 rings (SSSR count). The van der Waals surface area contributed by atoms with E-state index >= 15 is 0 Å². The van der Waals surface area contributed by atoms with Crippen LogP contribution in [0.3, 0.4) is 0 Å². The normalized spacial score (nSPS) is 16.0. The summed E-state index contributed by atoms with van der Waals surface area (Å²) in [5.41, 5.74) is 4.34. The molecular formula is C23H20N2O3. The summed E-state index contributed by atoms with van der Waals surface area (Å²) in [6.07, 6.45) is 0.730. The van der Waals surface area contributed by atoms with Crippen LogP contribution < -0.4 is 9.75 Å². The van der Waals surface area contributed by atoms with Crippen LogP contribution in [0.4, 0.5) is 5.69 Å². The highest BCUT2D eigenvalue weighted by Crippen LogP contribution is 2.36. The fourth-order valence-electron chi connectivity index (χ4n) is 3.39. The molecule has 0 unspecified atom stereocenters. The van der Waals surface area contributed by atoms with Crippen molar-refractivity contribution in [1.82, 2.24) is 0 Å². The molecule has 3 aromatic rings. The summed E-state index contributed by atoms with van der Waals surface area (Å²) in [4.78, 5) is 11.2. The highest BCUT2D eigenvalue weighted by atomic mass is 16.5. The van der Waals surface area contributed by atoms with Gasteiger partial charge in [0.25, 0.3) is 0 Å². The molecule has 1 N–H and O–H groups in total. The number of hydrazone groups is 1. The zero-order valence-electron chi connectivity index (χ0n) is 15.4. The Morgan fingerprint density at radius 1 is 1.00 bits per heavy atom. The molecule has 5 nitrogen and oxygen atoms in total. The Morgan fingerprint density at radius 3 is 2.29 bits per heavy atom. The number of anilines is 1. The zero-order valence-corrected chi connectivity index (χ0v) is 15.4. The molecule has 5 heteroatoms. The van der Waals surface area contributed by atoms with Gasteiger partial charge in [-0.25, -0.2) is 4.79 Å². The summed E-state index contributed by atoms with van der Waals surface area (Å²) < 4.78 is 5.24. The van der Waals surface area contributed by atoms with Crippen molar-refractivity contribution in [3.63, 3.8) is 0 Å². The number of carbonyl (C=O) groups is 1. The molecule has 0 aromatic heterocycles. The molecule has 0 saturated carbocycles. The lowest BCUT2D eigenvalue weighted by Crippen LogP contribution is -2.18. The maximum atomic E-state index is 11.2. The second-order valence-electron chi connectivity index (χ2n) is 6.60. The van der Waals surface area contributed by atoms with Gasteiger partial charge in [0.1, 0.15) is 5.75 Å². The summed E-state index contributed by atoms with van der Waals surface area (Å²) in [7, 11) is 1.65. The van der Waals surface area contributed by atoms with Crippen molar-refractivity contribution in [2.75, 3.05) is 12.1 Å². The monoisotopic (exact) mass is 372 g/mol. The van der Waals surface area contributed by atoms with Gasteiger partial charge in [-0.3, -0.25) is 5.01 Å². The highest BCUT2D eigenvalue weighted by molar-refractivity contribution is 6.03. The van der Waals surface area contributed by atoms with Gasteiger partial charge in [-0.1, -0.05) is 30.3 Å². The Labute approximate surface area is 163 Å². The van der Waals surface area contributed by atoms with Crippen LogP contribution in [0, 0.1) is 0 Å². The molecule has 0 amide bonds. The molecule has 1 atom stereocenters. The van der Waals surface area contributed by atoms with Crippen LogP contribution in [0.15, 0.2) is 84.0 Å². The van der Waals surface area contributed by atoms with E-state index in [0.29, 0.717) is 0 Å². The molecule has 0 radical (unpaired) electrons. The Hall–Kier alpha value is -3.60. The summed E-state index contributed by atoms with van der Waals surface area (Å²) in [5.74, 6) is -0.115. The molecule has 1 aliphatic rings. The van der Waals surface area contributed by atoms with Crippen molar-refractivity contribution in [3.8, 4) is 5.75 Å². The van der Waals surface area contributed by atoms with Crippen LogP contribution >= 0.6 is 0 Å². The number of para-hydroxylation sites is 1. The van der Waals surface area contributed by atoms with Gasteiger partial charge < -0.3 is 9.84 Å². The third kappa shape index (κ3) is 3.47. The molecule has 3 aromatic carbocycles. The standard InChI is InChI=1S/C23H20N2O3/c1-28-20-13-11-16(12-14-20)21-15-22(17-7-9-18(10-8-17)23(26)27)25(24-21)19-5-3-2-4-6-19/h2-14,22H,15H2,1H3,(H,26,27)/t22-/m1/s1. The van der Waals surface area contributed by atoms with Crippen molar-refractivity contribution >= 4 is 17.4 Å². The molecule has 0 saturated heterocycles. The van der Waals surface area contributed by atoms with Gasteiger partial charge in [0.15, 0.2) is 0 Å². The molecule has 0 bridgehead atoms. The third-order valence-electron chi connectivity index (χ3n) is 4.90. The minimum Gasteiger partial charge on any atom is -0.497 e. The van der Waals surface area contributed by atoms with E-state index in [9.17, 15) is 4.79 Å². The maximum absolute atomic E-state index is 11.2. The fourth-order valence-corrected chi connectivity index (χ4v) is 3.39. The number of methoxy groups -OCH3 is 1. The van der Waals surface area contributed by atoms with Gasteiger partial charge in [-0.05, 0) is 59.7 Å². The van der Waals surface area contributed by atoms with E-state index < -0.39 is 5.97 Å². The van der Waals surface area contributed by atoms with E-state index in [1.807, 2.05) is 71.7 Å². The summed E-state index contributed by atoms with van der Waals surface area (Å²) >= 11 is 0. The van der Waals surface area contributed by atoms with Crippen LogP contribution in [0.25, 0.3) is 0 Å². The average Bonchev–Trinajstić information content (AvgIpc) is 3.20. The topological polar surface area (TPSA) is 62.1 Å². The number of rotatable bonds is 5. The van der Waals surface area contributed by atoms with Gasteiger partial charge in [0.05, 0.1) is 30.1 Å². The van der Waals surface area contributed by atoms with Gasteiger partial charge in [-0.2, -0.15) is 5.10 Å². The number of carboxylic acids is 1. The number of ether oxygens (including phenoxy) is 1. The van der Waals surface area contributed by atoms with Gasteiger partial charge in [0.2, 0.25) is 0 Å². The van der Waals surface area contributed by atoms with Crippen LogP contribution in [0.5, 0.6) is 5.75 Å². The van der Waals surface area contributed by atoms with Gasteiger partial charge in [0, 0.05) is 6.42 Å². The molecule has 0 fully saturated rings. The fraction of sp³-hybridized carbons (Fsp3) is 0.130. The van der Waals surface area contributed by atoms with Crippen LogP contribution in [-0.4, -0.2) is 23.9 Å². The van der Waals surface area contributed by atoms with E-state index in [4.69, 9.17) is 14.9 Å². The lowest BCUT2D eigenvalue weighted by Gasteiger charge is -2.24. The maximum Gasteiger partial charge on any atom is 0.335 e. The van der Waals surface area contributed by atoms with Crippen LogP contribution in [0.2, 0.25) is 0 Å². The van der Waals surface area contributed by atoms with E-state index in [2.05, 4.69) is 0 Å². The van der Waals surface area contributed by atoms with E-state index in [-0.39, 0.29) is 11.6 Å². The third-order valence-corrected chi connectivity index (χ3v) is 4.90. The minimum atomic E-state index is -0.923. The van der Waals surface area contributed by atoms with Crippen molar-refractivity contribution in [3.05, 3.63) is 95.6 Å². The minimum absolute atomic E-state index is 0.00217. The van der Waals surface area contributed by atoms with Gasteiger partial charge in [-0.15, -0.1) is 0 Å². The predicted octanol–water partition coefficient (Wildman–Crippen LogP) is 4.75. The van der Waals surface area contributed by atoms with E-state index in [1.54, 1.807) is 19.2 Å². The smallest absolute Gasteiger partial charge is 0.335 e. The summed E-state index contributed by atoms with van der Waals surface area (Å²) in [5, 5.41) is 16.1. The quantitative estimate of drug-likeness (QED) is 0.702. The number of hydrogen-bond donors (Lipinski definition) is 1. The Kier molecular flexibility index (Phi) is 4.81. The van der Waals surface area contributed by atoms with E-state index in [1.165, 1.54) is 0 Å². The first-order valence-electron chi connectivity index (χ1n) is 9.05. The average molecular weight is 372 g/mol. The highest BCUT2D eigenvalue weighted by Gasteiger charge is 2.30. The molecule has 1 heterocycles. The van der Waals surface area contributed by atoms with Crippen LogP contribution in [0.1, 0.15) is 33.9 Å². The van der Waals surface area contributed by atoms with Crippen molar-refractivity contribution in [1.29, 1.82) is 0 Å². The predicted molar refractivity (Wildman–Crippen MR) is 109 cm³/mol. The van der Waals surface area contributed by atoms with Crippen LogP contribution in [-0.2, 0) is 0 Å². The van der Waals surface area contributed by atoms with Crippen molar-refractivity contribution in [2.24, 2.45) is 5.10 Å². The van der Waals surface area contributed by atoms with Crippen molar-refractivity contribution < 1.29 is 14.6 Å². The molecule has 140 valence electrons. The second kappa shape index (κ2) is 7.56. The molecule has 1 aliphatic heterocycles. The summed E-state index contributed by atoms with van der Waals surface area (Å²) in [6, 6.07) is 24.9. The Morgan fingerprint density at radius 2 is 1.68 bits per heavy atom. The SMILES string of the molecule is COc1ccc(C2=NN(c3ccccc3)[C@@H](c3ccc(C(=O)O)cc3)C2)cc1. The molecule has 0 aliphatic carbocycles. The molecule has 0 spiro atoms. The van der Waals surface area contributed by atoms with Crippen molar-refractivity contribution in [2.45, 2.75) is 12.5 Å². The lowest BCUT2D eigenvalue weighted by molar-refractivity contribution is 0.0697. The van der Waals surface area contributed by atoms with E-state index in [0.717, 1.165) is 34.7 Å².